The van der Waals surface area contributed by atoms with Crippen molar-refractivity contribution in [2.45, 2.75) is 0 Å². The van der Waals surface area contributed by atoms with E-state index in [1.54, 1.807) is 0 Å². The third kappa shape index (κ3) is 2.83. The Hall–Kier alpha value is -3.91. The van der Waals surface area contributed by atoms with Crippen molar-refractivity contribution in [1.82, 2.24) is 9.97 Å². The number of rotatable bonds is 3. The van der Waals surface area contributed by atoms with Crippen molar-refractivity contribution >= 4 is 16.9 Å². The fourth-order valence-electron chi connectivity index (χ4n) is 3.19. The number of nitriles is 1. The van der Waals surface area contributed by atoms with Crippen molar-refractivity contribution in [3.63, 3.8) is 0 Å². The van der Waals surface area contributed by atoms with Crippen LogP contribution in [0.2, 0.25) is 0 Å². The molecule has 0 amide bonds. The van der Waals surface area contributed by atoms with E-state index in [0.717, 1.165) is 27.6 Å². The van der Waals surface area contributed by atoms with Gasteiger partial charge in [-0.15, -0.1) is 0 Å². The summed E-state index contributed by atoms with van der Waals surface area (Å²) in [6, 6.07) is 23.7. The van der Waals surface area contributed by atoms with Gasteiger partial charge in [-0.05, 0) is 17.2 Å². The lowest BCUT2D eigenvalue weighted by Gasteiger charge is -2.14. The molecule has 2 aromatic carbocycles. The van der Waals surface area contributed by atoms with Crippen LogP contribution >= 0.6 is 0 Å². The van der Waals surface area contributed by atoms with Crippen LogP contribution in [-0.2, 0) is 0 Å². The maximum absolute atomic E-state index is 9.78. The highest BCUT2D eigenvalue weighted by atomic mass is 16.5. The first-order valence-electron chi connectivity index (χ1n) is 8.42. The van der Waals surface area contributed by atoms with Gasteiger partial charge in [0.15, 0.2) is 5.65 Å². The molecule has 0 saturated heterocycles. The van der Waals surface area contributed by atoms with Gasteiger partial charge < -0.3 is 10.5 Å². The van der Waals surface area contributed by atoms with E-state index in [1.165, 1.54) is 7.11 Å². The van der Waals surface area contributed by atoms with Gasteiger partial charge in [0.2, 0.25) is 5.88 Å². The molecule has 0 radical (unpaired) electrons. The lowest BCUT2D eigenvalue weighted by atomic mass is 9.95. The van der Waals surface area contributed by atoms with E-state index in [9.17, 15) is 5.26 Å². The fraction of sp³-hybridized carbons (Fsp3) is 0.0455. The van der Waals surface area contributed by atoms with Crippen LogP contribution < -0.4 is 10.5 Å². The van der Waals surface area contributed by atoms with E-state index in [4.69, 9.17) is 10.5 Å². The van der Waals surface area contributed by atoms with E-state index in [-0.39, 0.29) is 5.88 Å². The number of fused-ring (bicyclic) bond motifs is 1. The van der Waals surface area contributed by atoms with Crippen molar-refractivity contribution in [3.8, 4) is 34.2 Å². The Kier molecular flexibility index (Phi) is 4.15. The highest BCUT2D eigenvalue weighted by molar-refractivity contribution is 6.00. The molecular formula is C22H16N4O. The van der Waals surface area contributed by atoms with Gasteiger partial charge >= 0.3 is 0 Å². The average molecular weight is 352 g/mol. The Balaban J connectivity index is 2.12. The molecule has 0 aliphatic heterocycles. The molecule has 0 atom stereocenters. The molecule has 2 N–H and O–H groups in total. The summed E-state index contributed by atoms with van der Waals surface area (Å²) in [5.41, 5.74) is 10.4. The number of pyridine rings is 2. The number of nitrogens with two attached hydrogens (primary N) is 1. The van der Waals surface area contributed by atoms with Crippen LogP contribution in [0.1, 0.15) is 5.56 Å². The molecule has 0 aliphatic carbocycles. The number of ether oxygens (including phenoxy) is 1. The molecule has 0 spiro atoms. The molecule has 2 heterocycles. The van der Waals surface area contributed by atoms with Gasteiger partial charge in [0.05, 0.1) is 7.11 Å². The Bertz CT molecular complexity index is 1170. The molecule has 0 unspecified atom stereocenters. The highest BCUT2D eigenvalue weighted by Crippen LogP contribution is 2.38. The third-order valence-corrected chi connectivity index (χ3v) is 4.42. The van der Waals surface area contributed by atoms with Gasteiger partial charge in [0.25, 0.3) is 0 Å². The second-order valence-electron chi connectivity index (χ2n) is 6.01. The van der Waals surface area contributed by atoms with E-state index in [2.05, 4.69) is 16.0 Å². The Morgan fingerprint density at radius 3 is 2.15 bits per heavy atom. The number of hydrogen-bond donors (Lipinski definition) is 1. The third-order valence-electron chi connectivity index (χ3n) is 4.42. The lowest BCUT2D eigenvalue weighted by Crippen LogP contribution is -2.02. The molecule has 0 fully saturated rings. The topological polar surface area (TPSA) is 84.8 Å². The SMILES string of the molecule is COc1nc2nc(N)c(-c3ccccc3)cc2c(-c2ccccc2)c1C#N. The van der Waals surface area contributed by atoms with E-state index in [0.29, 0.717) is 17.0 Å². The summed E-state index contributed by atoms with van der Waals surface area (Å²) < 4.78 is 5.35. The average Bonchev–Trinajstić information content (AvgIpc) is 2.73. The minimum atomic E-state index is 0.239. The summed E-state index contributed by atoms with van der Waals surface area (Å²) in [5, 5.41) is 10.5. The molecule has 4 rings (SSSR count). The number of hydrogen-bond acceptors (Lipinski definition) is 5. The molecule has 2 aromatic heterocycles. The summed E-state index contributed by atoms with van der Waals surface area (Å²) in [4.78, 5) is 8.91. The maximum Gasteiger partial charge on any atom is 0.234 e. The molecule has 27 heavy (non-hydrogen) atoms. The monoisotopic (exact) mass is 352 g/mol. The van der Waals surface area contributed by atoms with Crippen LogP contribution in [0.15, 0.2) is 66.7 Å². The van der Waals surface area contributed by atoms with Crippen molar-refractivity contribution < 1.29 is 4.74 Å². The molecule has 0 aliphatic rings. The first-order valence-corrected chi connectivity index (χ1v) is 8.42. The summed E-state index contributed by atoms with van der Waals surface area (Å²) in [5.74, 6) is 0.621. The molecule has 0 saturated carbocycles. The van der Waals surface area contributed by atoms with Gasteiger partial charge in [-0.25, -0.2) is 4.98 Å². The number of nitrogens with zero attached hydrogens (tertiary/aromatic N) is 3. The summed E-state index contributed by atoms with van der Waals surface area (Å²) in [6.07, 6.45) is 0. The quantitative estimate of drug-likeness (QED) is 0.590. The second-order valence-corrected chi connectivity index (χ2v) is 6.01. The van der Waals surface area contributed by atoms with Gasteiger partial charge in [0.1, 0.15) is 17.5 Å². The van der Waals surface area contributed by atoms with Gasteiger partial charge in [-0.2, -0.15) is 10.2 Å². The van der Waals surface area contributed by atoms with Crippen LogP contribution in [0.25, 0.3) is 33.3 Å². The predicted octanol–water partition coefficient (Wildman–Crippen LogP) is 4.43. The molecular weight excluding hydrogens is 336 g/mol. The Morgan fingerprint density at radius 1 is 0.926 bits per heavy atom. The van der Waals surface area contributed by atoms with Crippen LogP contribution in [0.3, 0.4) is 0 Å². The standard InChI is InChI=1S/C22H16N4O/c1-27-22-18(13-23)19(15-10-6-3-7-11-15)17-12-16(14-8-4-2-5-9-14)20(24)25-21(17)26-22/h2-12H,1H3,(H2,24,25,26). The maximum atomic E-state index is 9.78. The largest absolute Gasteiger partial charge is 0.480 e. The number of benzene rings is 2. The van der Waals surface area contributed by atoms with Gasteiger partial charge in [-0.3, -0.25) is 0 Å². The first-order chi connectivity index (χ1) is 13.2. The van der Waals surface area contributed by atoms with Crippen LogP contribution in [0.4, 0.5) is 5.82 Å². The van der Waals surface area contributed by atoms with Crippen molar-refractivity contribution in [3.05, 3.63) is 72.3 Å². The normalized spacial score (nSPS) is 10.5. The summed E-state index contributed by atoms with van der Waals surface area (Å²) >= 11 is 0. The molecule has 130 valence electrons. The van der Waals surface area contributed by atoms with E-state index < -0.39 is 0 Å². The van der Waals surface area contributed by atoms with Crippen molar-refractivity contribution in [2.24, 2.45) is 0 Å². The zero-order chi connectivity index (χ0) is 18.8. The number of nitrogen functional groups attached to an aromatic ring is 1. The first kappa shape index (κ1) is 16.6. The minimum absolute atomic E-state index is 0.239. The number of methoxy groups -OCH3 is 1. The fourth-order valence-corrected chi connectivity index (χ4v) is 3.19. The van der Waals surface area contributed by atoms with Crippen LogP contribution in [-0.4, -0.2) is 17.1 Å². The van der Waals surface area contributed by atoms with Crippen LogP contribution in [0, 0.1) is 11.3 Å². The van der Waals surface area contributed by atoms with Crippen molar-refractivity contribution in [2.75, 3.05) is 12.8 Å². The summed E-state index contributed by atoms with van der Waals surface area (Å²) in [6.45, 7) is 0. The highest BCUT2D eigenvalue weighted by Gasteiger charge is 2.19. The Morgan fingerprint density at radius 2 is 1.56 bits per heavy atom. The predicted molar refractivity (Wildman–Crippen MR) is 106 cm³/mol. The van der Waals surface area contributed by atoms with Gasteiger partial charge in [0, 0.05) is 16.5 Å². The molecule has 0 bridgehead atoms. The number of aromatic nitrogens is 2. The molecule has 5 nitrogen and oxygen atoms in total. The zero-order valence-corrected chi connectivity index (χ0v) is 14.7. The second kappa shape index (κ2) is 6.77. The van der Waals surface area contributed by atoms with E-state index >= 15 is 0 Å². The van der Waals surface area contributed by atoms with Crippen LogP contribution in [0.5, 0.6) is 5.88 Å². The van der Waals surface area contributed by atoms with Gasteiger partial charge in [-0.1, -0.05) is 60.7 Å². The van der Waals surface area contributed by atoms with Crippen molar-refractivity contribution in [1.29, 1.82) is 5.26 Å². The minimum Gasteiger partial charge on any atom is -0.480 e. The summed E-state index contributed by atoms with van der Waals surface area (Å²) in [7, 11) is 1.49. The zero-order valence-electron chi connectivity index (χ0n) is 14.7. The molecule has 5 heteroatoms. The lowest BCUT2D eigenvalue weighted by molar-refractivity contribution is 0.398. The molecule has 4 aromatic rings. The smallest absolute Gasteiger partial charge is 0.234 e. The van der Waals surface area contributed by atoms with E-state index in [1.807, 2.05) is 66.7 Å². The Labute approximate surface area is 156 Å². The number of anilines is 1.